The molecule has 2 aromatic rings. The van der Waals surface area contributed by atoms with E-state index in [9.17, 15) is 13.2 Å². The van der Waals surface area contributed by atoms with Gasteiger partial charge in [0.05, 0.1) is 24.7 Å². The molecule has 0 spiro atoms. The standard InChI is InChI=1S/C16H16F3N5S/c1-2-21-15(22-8-12-5-3-4-11(6-12)7-20)23-9-14-24-13(10-25-14)16(17,18)19/h3-6,10H,2,8-9H2,1H3,(H2,21,22,23). The van der Waals surface area contributed by atoms with Crippen LogP contribution in [0.3, 0.4) is 0 Å². The maximum atomic E-state index is 12.6. The Morgan fingerprint density at radius 1 is 1.36 bits per heavy atom. The minimum absolute atomic E-state index is 0.144. The average molecular weight is 367 g/mol. The second-order valence-electron chi connectivity index (χ2n) is 4.99. The molecule has 1 aromatic heterocycles. The van der Waals surface area contributed by atoms with Gasteiger partial charge in [0.25, 0.3) is 0 Å². The van der Waals surface area contributed by atoms with Gasteiger partial charge in [0.1, 0.15) is 5.01 Å². The van der Waals surface area contributed by atoms with Crippen molar-refractivity contribution in [3.8, 4) is 6.07 Å². The lowest BCUT2D eigenvalue weighted by Gasteiger charge is -2.10. The molecule has 0 aliphatic rings. The minimum Gasteiger partial charge on any atom is -0.357 e. The number of aliphatic imine (C=N–C) groups is 1. The summed E-state index contributed by atoms with van der Waals surface area (Å²) >= 11 is 0.943. The summed E-state index contributed by atoms with van der Waals surface area (Å²) < 4.78 is 37.7. The monoisotopic (exact) mass is 367 g/mol. The predicted molar refractivity (Wildman–Crippen MR) is 89.9 cm³/mol. The molecule has 132 valence electrons. The van der Waals surface area contributed by atoms with E-state index in [0.29, 0.717) is 29.6 Å². The van der Waals surface area contributed by atoms with Crippen molar-refractivity contribution in [3.05, 3.63) is 51.5 Å². The molecular weight excluding hydrogens is 351 g/mol. The van der Waals surface area contributed by atoms with E-state index in [1.165, 1.54) is 0 Å². The molecule has 0 radical (unpaired) electrons. The fraction of sp³-hybridized carbons (Fsp3) is 0.312. The fourth-order valence-corrected chi connectivity index (χ4v) is 2.67. The van der Waals surface area contributed by atoms with Gasteiger partial charge in [0.15, 0.2) is 11.7 Å². The number of nitrogens with one attached hydrogen (secondary N) is 2. The van der Waals surface area contributed by atoms with Crippen LogP contribution in [0, 0.1) is 11.3 Å². The molecule has 1 heterocycles. The molecule has 1 aromatic carbocycles. The van der Waals surface area contributed by atoms with Crippen LogP contribution >= 0.6 is 11.3 Å². The van der Waals surface area contributed by atoms with Gasteiger partial charge in [-0.05, 0) is 24.6 Å². The third-order valence-corrected chi connectivity index (χ3v) is 3.92. The van der Waals surface area contributed by atoms with Crippen LogP contribution in [0.5, 0.6) is 0 Å². The van der Waals surface area contributed by atoms with Gasteiger partial charge in [-0.2, -0.15) is 18.4 Å². The van der Waals surface area contributed by atoms with Crippen LogP contribution in [0.25, 0.3) is 0 Å². The molecular formula is C16H16F3N5S. The number of nitriles is 1. The molecule has 0 atom stereocenters. The number of aromatic nitrogens is 1. The molecule has 0 aliphatic carbocycles. The lowest BCUT2D eigenvalue weighted by molar-refractivity contribution is -0.140. The van der Waals surface area contributed by atoms with Gasteiger partial charge >= 0.3 is 6.18 Å². The van der Waals surface area contributed by atoms with Crippen LogP contribution < -0.4 is 10.6 Å². The third kappa shape index (κ3) is 5.76. The van der Waals surface area contributed by atoms with Crippen molar-refractivity contribution in [1.82, 2.24) is 15.6 Å². The number of rotatable bonds is 5. The Morgan fingerprint density at radius 3 is 2.80 bits per heavy atom. The highest BCUT2D eigenvalue weighted by molar-refractivity contribution is 7.09. The van der Waals surface area contributed by atoms with Gasteiger partial charge < -0.3 is 10.6 Å². The molecule has 5 nitrogen and oxygen atoms in total. The van der Waals surface area contributed by atoms with E-state index in [1.807, 2.05) is 13.0 Å². The summed E-state index contributed by atoms with van der Waals surface area (Å²) in [6.45, 7) is 2.98. The van der Waals surface area contributed by atoms with E-state index in [-0.39, 0.29) is 6.54 Å². The second-order valence-corrected chi connectivity index (χ2v) is 5.93. The first-order chi connectivity index (χ1) is 11.9. The summed E-state index contributed by atoms with van der Waals surface area (Å²) in [5, 5.41) is 16.2. The number of hydrogen-bond acceptors (Lipinski definition) is 4. The summed E-state index contributed by atoms with van der Waals surface area (Å²) in [6.07, 6.45) is -4.43. The lowest BCUT2D eigenvalue weighted by Crippen LogP contribution is -2.36. The third-order valence-electron chi connectivity index (χ3n) is 3.07. The highest BCUT2D eigenvalue weighted by Gasteiger charge is 2.33. The zero-order chi connectivity index (χ0) is 18.3. The maximum Gasteiger partial charge on any atom is 0.434 e. The van der Waals surface area contributed by atoms with Crippen molar-refractivity contribution in [1.29, 1.82) is 5.26 Å². The summed E-state index contributed by atoms with van der Waals surface area (Å²) in [5.41, 5.74) is 0.530. The SMILES string of the molecule is CCNC(=NCc1cccc(C#N)c1)NCc1nc(C(F)(F)F)cs1. The van der Waals surface area contributed by atoms with Crippen molar-refractivity contribution in [3.63, 3.8) is 0 Å². The largest absolute Gasteiger partial charge is 0.434 e. The Bertz CT molecular complexity index is 777. The molecule has 9 heteroatoms. The molecule has 2 rings (SSSR count). The Labute approximate surface area is 147 Å². The fourth-order valence-electron chi connectivity index (χ4n) is 1.93. The van der Waals surface area contributed by atoms with Gasteiger partial charge in [-0.1, -0.05) is 12.1 Å². The summed E-state index contributed by atoms with van der Waals surface area (Å²) in [4.78, 5) is 7.94. The van der Waals surface area contributed by atoms with E-state index < -0.39 is 11.9 Å². The number of nitrogens with zero attached hydrogens (tertiary/aromatic N) is 3. The quantitative estimate of drug-likeness (QED) is 0.628. The molecule has 2 N–H and O–H groups in total. The van der Waals surface area contributed by atoms with Crippen LogP contribution in [-0.4, -0.2) is 17.5 Å². The Morgan fingerprint density at radius 2 is 2.16 bits per heavy atom. The second kappa shape index (κ2) is 8.48. The highest BCUT2D eigenvalue weighted by atomic mass is 32.1. The van der Waals surface area contributed by atoms with Gasteiger partial charge in [0.2, 0.25) is 0 Å². The van der Waals surface area contributed by atoms with Crippen LogP contribution in [0.1, 0.15) is 28.8 Å². The number of thiazole rings is 1. The van der Waals surface area contributed by atoms with Crippen LogP contribution in [-0.2, 0) is 19.3 Å². The molecule has 0 fully saturated rings. The van der Waals surface area contributed by atoms with Crippen molar-refractivity contribution in [2.75, 3.05) is 6.54 Å². The molecule has 25 heavy (non-hydrogen) atoms. The minimum atomic E-state index is -4.43. The number of alkyl halides is 3. The summed E-state index contributed by atoms with van der Waals surface area (Å²) in [7, 11) is 0. The molecule has 0 bridgehead atoms. The number of halogens is 3. The van der Waals surface area contributed by atoms with Crippen LogP contribution in [0.4, 0.5) is 13.2 Å². The first-order valence-electron chi connectivity index (χ1n) is 7.45. The Balaban J connectivity index is 2.00. The van der Waals surface area contributed by atoms with Gasteiger partial charge in [-0.25, -0.2) is 9.98 Å². The van der Waals surface area contributed by atoms with E-state index >= 15 is 0 Å². The van der Waals surface area contributed by atoms with Crippen molar-refractivity contribution < 1.29 is 13.2 Å². The Kier molecular flexibility index (Phi) is 6.36. The molecule has 0 saturated carbocycles. The highest BCUT2D eigenvalue weighted by Crippen LogP contribution is 2.29. The maximum absolute atomic E-state index is 12.6. The van der Waals surface area contributed by atoms with E-state index in [2.05, 4.69) is 26.7 Å². The first kappa shape index (κ1) is 18.7. The topological polar surface area (TPSA) is 73.1 Å². The Hall–Kier alpha value is -2.60. The number of hydrogen-bond donors (Lipinski definition) is 2. The van der Waals surface area contributed by atoms with Crippen molar-refractivity contribution in [2.24, 2.45) is 4.99 Å². The molecule has 0 saturated heterocycles. The molecule has 0 unspecified atom stereocenters. The first-order valence-corrected chi connectivity index (χ1v) is 8.33. The van der Waals surface area contributed by atoms with Crippen molar-refractivity contribution >= 4 is 17.3 Å². The van der Waals surface area contributed by atoms with Gasteiger partial charge in [-0.3, -0.25) is 0 Å². The smallest absolute Gasteiger partial charge is 0.357 e. The molecule has 0 aliphatic heterocycles. The predicted octanol–water partition coefficient (Wildman–Crippen LogP) is 3.29. The average Bonchev–Trinajstić information content (AvgIpc) is 3.07. The van der Waals surface area contributed by atoms with Gasteiger partial charge in [-0.15, -0.1) is 11.3 Å². The van der Waals surface area contributed by atoms with Crippen LogP contribution in [0.2, 0.25) is 0 Å². The summed E-state index contributed by atoms with van der Waals surface area (Å²) in [5.74, 6) is 0.466. The lowest BCUT2D eigenvalue weighted by atomic mass is 10.1. The van der Waals surface area contributed by atoms with Crippen molar-refractivity contribution in [2.45, 2.75) is 26.2 Å². The van der Waals surface area contributed by atoms with E-state index in [1.54, 1.807) is 18.2 Å². The number of benzene rings is 1. The van der Waals surface area contributed by atoms with E-state index in [4.69, 9.17) is 5.26 Å². The normalized spacial score (nSPS) is 11.9. The zero-order valence-electron chi connectivity index (χ0n) is 13.4. The summed E-state index contributed by atoms with van der Waals surface area (Å²) in [6, 6.07) is 9.14. The molecule has 0 amide bonds. The van der Waals surface area contributed by atoms with Crippen LogP contribution in [0.15, 0.2) is 34.6 Å². The zero-order valence-corrected chi connectivity index (χ0v) is 14.2. The van der Waals surface area contributed by atoms with Gasteiger partial charge in [0, 0.05) is 11.9 Å². The number of guanidine groups is 1. The van der Waals surface area contributed by atoms with E-state index in [0.717, 1.165) is 22.3 Å².